The largest absolute Gasteiger partial charge is 0.416 e. The van der Waals surface area contributed by atoms with Gasteiger partial charge in [-0.05, 0) is 29.1 Å². The van der Waals surface area contributed by atoms with E-state index in [0.29, 0.717) is 0 Å². The standard InChI is InChI=1S/C16H17F3N2S/c17-16(18,19)13-5-3-12(4-6-13)15(14-2-1-11-22-14)21-9-7-20-8-10-21/h1-6,11,15,20H,7-10H2/t15-/m1/s1. The van der Waals surface area contributed by atoms with Crippen LogP contribution in [-0.2, 0) is 6.18 Å². The summed E-state index contributed by atoms with van der Waals surface area (Å²) in [5.41, 5.74) is 0.318. The Labute approximate surface area is 131 Å². The fraction of sp³-hybridized carbons (Fsp3) is 0.375. The first-order valence-corrected chi connectivity index (χ1v) is 8.09. The van der Waals surface area contributed by atoms with Crippen molar-refractivity contribution in [3.8, 4) is 0 Å². The van der Waals surface area contributed by atoms with E-state index in [2.05, 4.69) is 16.3 Å². The Kier molecular flexibility index (Phi) is 4.52. The fourth-order valence-corrected chi connectivity index (χ4v) is 3.68. The highest BCUT2D eigenvalue weighted by Gasteiger charge is 2.31. The maximum absolute atomic E-state index is 12.7. The Balaban J connectivity index is 1.92. The zero-order valence-corrected chi connectivity index (χ0v) is 12.8. The van der Waals surface area contributed by atoms with Crippen LogP contribution in [0, 0.1) is 0 Å². The molecule has 1 aromatic heterocycles. The predicted molar refractivity (Wildman–Crippen MR) is 82.0 cm³/mol. The summed E-state index contributed by atoms with van der Waals surface area (Å²) < 4.78 is 38.2. The first kappa shape index (κ1) is 15.5. The first-order chi connectivity index (χ1) is 10.6. The van der Waals surface area contributed by atoms with Gasteiger partial charge < -0.3 is 5.32 Å². The van der Waals surface area contributed by atoms with Gasteiger partial charge in [0.2, 0.25) is 0 Å². The Bertz CT molecular complexity index is 587. The van der Waals surface area contributed by atoms with Gasteiger partial charge in [0.25, 0.3) is 0 Å². The normalized spacial score (nSPS) is 18.3. The molecule has 1 saturated heterocycles. The van der Waals surface area contributed by atoms with Crippen molar-refractivity contribution in [3.05, 3.63) is 57.8 Å². The molecule has 2 aromatic rings. The highest BCUT2D eigenvalue weighted by molar-refractivity contribution is 7.10. The zero-order valence-electron chi connectivity index (χ0n) is 11.9. The SMILES string of the molecule is FC(F)(F)c1ccc([C@H](c2cccs2)N2CCNCC2)cc1. The predicted octanol–water partition coefficient (Wildman–Crippen LogP) is 3.76. The fourth-order valence-electron chi connectivity index (χ4n) is 2.80. The van der Waals surface area contributed by atoms with Crippen molar-refractivity contribution < 1.29 is 13.2 Å². The second-order valence-corrected chi connectivity index (χ2v) is 6.30. The van der Waals surface area contributed by atoms with Crippen LogP contribution in [-0.4, -0.2) is 31.1 Å². The smallest absolute Gasteiger partial charge is 0.314 e. The Hall–Kier alpha value is -1.37. The molecule has 1 aromatic carbocycles. The monoisotopic (exact) mass is 326 g/mol. The van der Waals surface area contributed by atoms with Gasteiger partial charge in [-0.1, -0.05) is 18.2 Å². The Morgan fingerprint density at radius 1 is 1.05 bits per heavy atom. The van der Waals surface area contributed by atoms with Gasteiger partial charge in [0.05, 0.1) is 11.6 Å². The third kappa shape index (κ3) is 3.34. The molecule has 0 bridgehead atoms. The topological polar surface area (TPSA) is 15.3 Å². The van der Waals surface area contributed by atoms with Crippen molar-refractivity contribution in [1.82, 2.24) is 10.2 Å². The third-order valence-corrected chi connectivity index (χ3v) is 4.81. The first-order valence-electron chi connectivity index (χ1n) is 7.21. The summed E-state index contributed by atoms with van der Waals surface area (Å²) in [7, 11) is 0. The number of halogens is 3. The van der Waals surface area contributed by atoms with Gasteiger partial charge in [-0.15, -0.1) is 11.3 Å². The molecule has 0 aliphatic carbocycles. The minimum Gasteiger partial charge on any atom is -0.314 e. The molecule has 1 fully saturated rings. The number of nitrogens with zero attached hydrogens (tertiary/aromatic N) is 1. The van der Waals surface area contributed by atoms with Crippen LogP contribution in [0.2, 0.25) is 0 Å². The van der Waals surface area contributed by atoms with Crippen LogP contribution < -0.4 is 5.32 Å². The molecule has 0 saturated carbocycles. The number of alkyl halides is 3. The molecule has 0 unspecified atom stereocenters. The minimum atomic E-state index is -4.29. The van der Waals surface area contributed by atoms with Crippen LogP contribution in [0.1, 0.15) is 22.0 Å². The summed E-state index contributed by atoms with van der Waals surface area (Å²) in [6, 6.07) is 9.64. The van der Waals surface area contributed by atoms with Crippen LogP contribution in [0.5, 0.6) is 0 Å². The minimum absolute atomic E-state index is 0.0318. The number of benzene rings is 1. The second-order valence-electron chi connectivity index (χ2n) is 5.32. The number of thiophene rings is 1. The van der Waals surface area contributed by atoms with E-state index in [-0.39, 0.29) is 6.04 Å². The molecule has 1 atom stereocenters. The van der Waals surface area contributed by atoms with Crippen molar-refractivity contribution in [2.24, 2.45) is 0 Å². The quantitative estimate of drug-likeness (QED) is 0.924. The van der Waals surface area contributed by atoms with E-state index in [4.69, 9.17) is 0 Å². The van der Waals surface area contributed by atoms with E-state index in [1.54, 1.807) is 23.5 Å². The molecule has 0 amide bonds. The summed E-state index contributed by atoms with van der Waals surface area (Å²) in [6.07, 6.45) is -4.29. The summed E-state index contributed by atoms with van der Waals surface area (Å²) >= 11 is 1.64. The molecule has 6 heteroatoms. The summed E-state index contributed by atoms with van der Waals surface area (Å²) in [5, 5.41) is 5.32. The van der Waals surface area contributed by atoms with E-state index in [0.717, 1.165) is 31.7 Å². The number of hydrogen-bond acceptors (Lipinski definition) is 3. The van der Waals surface area contributed by atoms with E-state index >= 15 is 0 Å². The molecule has 118 valence electrons. The van der Waals surface area contributed by atoms with Crippen molar-refractivity contribution >= 4 is 11.3 Å². The summed E-state index contributed by atoms with van der Waals surface area (Å²) in [5.74, 6) is 0. The lowest BCUT2D eigenvalue weighted by Crippen LogP contribution is -2.45. The van der Waals surface area contributed by atoms with E-state index < -0.39 is 11.7 Å². The second kappa shape index (κ2) is 6.40. The maximum atomic E-state index is 12.7. The molecule has 22 heavy (non-hydrogen) atoms. The average molecular weight is 326 g/mol. The van der Waals surface area contributed by atoms with Crippen LogP contribution in [0.3, 0.4) is 0 Å². The number of piperazine rings is 1. The van der Waals surface area contributed by atoms with E-state index in [9.17, 15) is 13.2 Å². The van der Waals surface area contributed by atoms with Gasteiger partial charge in [-0.3, -0.25) is 4.90 Å². The molecule has 1 aliphatic rings. The lowest BCUT2D eigenvalue weighted by molar-refractivity contribution is -0.137. The molecule has 1 N–H and O–H groups in total. The van der Waals surface area contributed by atoms with Crippen molar-refractivity contribution in [2.75, 3.05) is 26.2 Å². The summed E-state index contributed by atoms with van der Waals surface area (Å²) in [4.78, 5) is 3.49. The lowest BCUT2D eigenvalue weighted by atomic mass is 10.0. The van der Waals surface area contributed by atoms with Crippen LogP contribution in [0.4, 0.5) is 13.2 Å². The average Bonchev–Trinajstić information content (AvgIpc) is 3.02. The molecule has 2 heterocycles. The molecule has 0 spiro atoms. The number of nitrogens with one attached hydrogen (secondary N) is 1. The van der Waals surface area contributed by atoms with Gasteiger partial charge in [0.15, 0.2) is 0 Å². The van der Waals surface area contributed by atoms with Crippen molar-refractivity contribution in [3.63, 3.8) is 0 Å². The molecule has 2 nitrogen and oxygen atoms in total. The number of hydrogen-bond donors (Lipinski definition) is 1. The third-order valence-electron chi connectivity index (χ3n) is 3.88. The van der Waals surface area contributed by atoms with Gasteiger partial charge in [-0.2, -0.15) is 13.2 Å². The highest BCUT2D eigenvalue weighted by atomic mass is 32.1. The number of rotatable bonds is 3. The van der Waals surface area contributed by atoms with E-state index in [1.165, 1.54) is 17.0 Å². The van der Waals surface area contributed by atoms with Crippen molar-refractivity contribution in [1.29, 1.82) is 0 Å². The Morgan fingerprint density at radius 3 is 2.27 bits per heavy atom. The molecular weight excluding hydrogens is 309 g/mol. The molecule has 3 rings (SSSR count). The van der Waals surface area contributed by atoms with Gasteiger partial charge in [0, 0.05) is 31.1 Å². The van der Waals surface area contributed by atoms with Crippen LogP contribution >= 0.6 is 11.3 Å². The van der Waals surface area contributed by atoms with Gasteiger partial charge in [-0.25, -0.2) is 0 Å². The molecule has 1 aliphatic heterocycles. The molecular formula is C16H17F3N2S. The van der Waals surface area contributed by atoms with E-state index in [1.807, 2.05) is 11.4 Å². The summed E-state index contributed by atoms with van der Waals surface area (Å²) in [6.45, 7) is 3.60. The van der Waals surface area contributed by atoms with Gasteiger partial charge >= 0.3 is 6.18 Å². The maximum Gasteiger partial charge on any atom is 0.416 e. The van der Waals surface area contributed by atoms with Crippen LogP contribution in [0.25, 0.3) is 0 Å². The van der Waals surface area contributed by atoms with Gasteiger partial charge in [0.1, 0.15) is 0 Å². The lowest BCUT2D eigenvalue weighted by Gasteiger charge is -2.34. The highest BCUT2D eigenvalue weighted by Crippen LogP contribution is 2.34. The Morgan fingerprint density at radius 2 is 1.73 bits per heavy atom. The zero-order chi connectivity index (χ0) is 15.6. The van der Waals surface area contributed by atoms with Crippen LogP contribution in [0.15, 0.2) is 41.8 Å². The van der Waals surface area contributed by atoms with Crippen molar-refractivity contribution in [2.45, 2.75) is 12.2 Å². The molecule has 0 radical (unpaired) electrons.